The molecule has 0 radical (unpaired) electrons. The second kappa shape index (κ2) is 8.98. The molecule has 0 aliphatic rings. The van der Waals surface area contributed by atoms with Gasteiger partial charge in [-0.05, 0) is 37.3 Å². The van der Waals surface area contributed by atoms with Gasteiger partial charge in [0, 0.05) is 17.8 Å². The van der Waals surface area contributed by atoms with Crippen molar-refractivity contribution in [3.05, 3.63) is 64.9 Å². The summed E-state index contributed by atoms with van der Waals surface area (Å²) < 4.78 is 26.8. The third-order valence-corrected chi connectivity index (χ3v) is 6.95. The number of sulfone groups is 1. The van der Waals surface area contributed by atoms with Gasteiger partial charge in [-0.25, -0.2) is 8.42 Å². The molecule has 1 amide bonds. The van der Waals surface area contributed by atoms with Gasteiger partial charge in [0.25, 0.3) is 0 Å². The lowest BCUT2D eigenvalue weighted by atomic mass is 10.2. The van der Waals surface area contributed by atoms with Crippen LogP contribution in [0.25, 0.3) is 0 Å². The number of rotatable bonds is 7. The summed E-state index contributed by atoms with van der Waals surface area (Å²) in [6, 6.07) is 13.5. The third kappa shape index (κ3) is 5.59. The fourth-order valence-corrected chi connectivity index (χ4v) is 4.72. The standard InChI is InChI=1S/C19H19ClN4O3S2/c1-13-6-8-16(9-7-13)29(26,27)12-17-22-23-19(24(17)2)28-11-18(25)21-15-5-3-4-14(20)10-15/h3-10H,11-12H2,1-2H3,(H,21,25). The van der Waals surface area contributed by atoms with Crippen molar-refractivity contribution in [1.29, 1.82) is 0 Å². The lowest BCUT2D eigenvalue weighted by Crippen LogP contribution is -2.14. The van der Waals surface area contributed by atoms with E-state index in [1.54, 1.807) is 60.1 Å². The first-order valence-electron chi connectivity index (χ1n) is 8.60. The van der Waals surface area contributed by atoms with Crippen LogP contribution in [0.4, 0.5) is 5.69 Å². The van der Waals surface area contributed by atoms with Crippen molar-refractivity contribution in [1.82, 2.24) is 14.8 Å². The predicted octanol–water partition coefficient (Wildman–Crippen LogP) is 3.48. The molecule has 10 heteroatoms. The number of amides is 1. The fourth-order valence-electron chi connectivity index (χ4n) is 2.49. The Morgan fingerprint density at radius 1 is 1.17 bits per heavy atom. The molecule has 0 saturated heterocycles. The van der Waals surface area contributed by atoms with Gasteiger partial charge >= 0.3 is 0 Å². The Morgan fingerprint density at radius 3 is 2.59 bits per heavy atom. The topological polar surface area (TPSA) is 94.0 Å². The molecule has 2 aromatic carbocycles. The molecule has 0 unspecified atom stereocenters. The van der Waals surface area contributed by atoms with Crippen LogP contribution in [-0.2, 0) is 27.4 Å². The minimum Gasteiger partial charge on any atom is -0.325 e. The molecule has 29 heavy (non-hydrogen) atoms. The van der Waals surface area contributed by atoms with E-state index in [-0.39, 0.29) is 22.3 Å². The van der Waals surface area contributed by atoms with Gasteiger partial charge in [-0.3, -0.25) is 4.79 Å². The molecule has 0 saturated carbocycles. The Kier molecular flexibility index (Phi) is 6.61. The van der Waals surface area contributed by atoms with Gasteiger partial charge in [0.1, 0.15) is 11.6 Å². The number of aromatic nitrogens is 3. The number of thioether (sulfide) groups is 1. The summed E-state index contributed by atoms with van der Waals surface area (Å²) in [6.45, 7) is 1.89. The number of carbonyl (C=O) groups excluding carboxylic acids is 1. The van der Waals surface area contributed by atoms with Crippen molar-refractivity contribution in [3.63, 3.8) is 0 Å². The molecule has 1 N–H and O–H groups in total. The second-order valence-corrected chi connectivity index (χ2v) is 9.75. The van der Waals surface area contributed by atoms with E-state index >= 15 is 0 Å². The monoisotopic (exact) mass is 450 g/mol. The summed E-state index contributed by atoms with van der Waals surface area (Å²) >= 11 is 7.07. The Hall–Kier alpha value is -2.36. The minimum absolute atomic E-state index is 0.100. The normalized spacial score (nSPS) is 11.4. The second-order valence-electron chi connectivity index (χ2n) is 6.38. The van der Waals surface area contributed by atoms with Crippen molar-refractivity contribution in [2.45, 2.75) is 22.7 Å². The molecule has 3 aromatic rings. The predicted molar refractivity (Wildman–Crippen MR) is 114 cm³/mol. The average Bonchev–Trinajstić information content (AvgIpc) is 2.99. The van der Waals surface area contributed by atoms with E-state index in [1.165, 1.54) is 11.8 Å². The van der Waals surface area contributed by atoms with Crippen molar-refractivity contribution in [2.75, 3.05) is 11.1 Å². The number of carbonyl (C=O) groups is 1. The molecule has 0 aliphatic heterocycles. The minimum atomic E-state index is -3.54. The van der Waals surface area contributed by atoms with Crippen LogP contribution in [0.3, 0.4) is 0 Å². The van der Waals surface area contributed by atoms with Gasteiger partial charge in [0.15, 0.2) is 15.0 Å². The third-order valence-electron chi connectivity index (χ3n) is 4.07. The van der Waals surface area contributed by atoms with Crippen molar-refractivity contribution < 1.29 is 13.2 Å². The number of benzene rings is 2. The van der Waals surface area contributed by atoms with Crippen molar-refractivity contribution in [3.8, 4) is 0 Å². The first-order valence-corrected chi connectivity index (χ1v) is 11.6. The summed E-state index contributed by atoms with van der Waals surface area (Å²) in [5, 5.41) is 11.7. The zero-order valence-electron chi connectivity index (χ0n) is 15.8. The zero-order chi connectivity index (χ0) is 21.0. The fraction of sp³-hybridized carbons (Fsp3) is 0.211. The number of hydrogen-bond acceptors (Lipinski definition) is 6. The van der Waals surface area contributed by atoms with E-state index in [2.05, 4.69) is 15.5 Å². The molecular formula is C19H19ClN4O3S2. The van der Waals surface area contributed by atoms with Crippen LogP contribution in [0.1, 0.15) is 11.4 Å². The van der Waals surface area contributed by atoms with Gasteiger partial charge in [-0.2, -0.15) is 0 Å². The van der Waals surface area contributed by atoms with Gasteiger partial charge in [-0.1, -0.05) is 47.1 Å². The van der Waals surface area contributed by atoms with Gasteiger partial charge in [0.05, 0.1) is 10.6 Å². The van der Waals surface area contributed by atoms with E-state index in [1.807, 2.05) is 6.92 Å². The molecule has 152 valence electrons. The maximum absolute atomic E-state index is 12.6. The molecule has 0 bridgehead atoms. The molecule has 3 rings (SSSR count). The van der Waals surface area contributed by atoms with E-state index in [9.17, 15) is 13.2 Å². The maximum Gasteiger partial charge on any atom is 0.234 e. The van der Waals surface area contributed by atoms with Crippen LogP contribution < -0.4 is 5.32 Å². The first kappa shape index (κ1) is 21.4. The van der Waals surface area contributed by atoms with E-state index < -0.39 is 9.84 Å². The number of hydrogen-bond donors (Lipinski definition) is 1. The van der Waals surface area contributed by atoms with Crippen LogP contribution in [0.2, 0.25) is 5.02 Å². The van der Waals surface area contributed by atoms with Gasteiger partial charge in [0.2, 0.25) is 5.91 Å². The lowest BCUT2D eigenvalue weighted by molar-refractivity contribution is -0.113. The summed E-state index contributed by atoms with van der Waals surface area (Å²) in [7, 11) is -1.86. The lowest BCUT2D eigenvalue weighted by Gasteiger charge is -2.07. The summed E-state index contributed by atoms with van der Waals surface area (Å²) in [5.41, 5.74) is 1.59. The highest BCUT2D eigenvalue weighted by molar-refractivity contribution is 7.99. The van der Waals surface area contributed by atoms with Crippen molar-refractivity contribution >= 4 is 44.8 Å². The number of anilines is 1. The van der Waals surface area contributed by atoms with Crippen LogP contribution >= 0.6 is 23.4 Å². The quantitative estimate of drug-likeness (QED) is 0.554. The first-order chi connectivity index (χ1) is 13.7. The maximum atomic E-state index is 12.6. The molecule has 1 heterocycles. The van der Waals surface area contributed by atoms with Crippen LogP contribution in [0.5, 0.6) is 0 Å². The van der Waals surface area contributed by atoms with Crippen molar-refractivity contribution in [2.24, 2.45) is 7.05 Å². The van der Waals surface area contributed by atoms with Crippen LogP contribution in [0, 0.1) is 6.92 Å². The number of nitrogens with one attached hydrogen (secondary N) is 1. The SMILES string of the molecule is Cc1ccc(S(=O)(=O)Cc2nnc(SCC(=O)Nc3cccc(Cl)c3)n2C)cc1. The average molecular weight is 451 g/mol. The molecule has 0 atom stereocenters. The Bertz CT molecular complexity index is 1130. The Balaban J connectivity index is 1.63. The highest BCUT2D eigenvalue weighted by Gasteiger charge is 2.20. The van der Waals surface area contributed by atoms with Gasteiger partial charge in [-0.15, -0.1) is 10.2 Å². The van der Waals surface area contributed by atoms with Crippen LogP contribution in [-0.4, -0.2) is 34.8 Å². The largest absolute Gasteiger partial charge is 0.325 e. The van der Waals surface area contributed by atoms with E-state index in [4.69, 9.17) is 11.6 Å². The van der Waals surface area contributed by atoms with E-state index in [0.29, 0.717) is 21.7 Å². The van der Waals surface area contributed by atoms with E-state index in [0.717, 1.165) is 5.56 Å². The Morgan fingerprint density at radius 2 is 1.90 bits per heavy atom. The Labute approximate surface area is 178 Å². The van der Waals surface area contributed by atoms with Gasteiger partial charge < -0.3 is 9.88 Å². The molecular weight excluding hydrogens is 432 g/mol. The highest BCUT2D eigenvalue weighted by Crippen LogP contribution is 2.21. The molecule has 0 fully saturated rings. The summed E-state index contributed by atoms with van der Waals surface area (Å²) in [6.07, 6.45) is 0. The smallest absolute Gasteiger partial charge is 0.234 e. The number of aryl methyl sites for hydroxylation is 1. The van der Waals surface area contributed by atoms with Crippen LogP contribution in [0.15, 0.2) is 58.6 Å². The molecule has 0 spiro atoms. The summed E-state index contributed by atoms with van der Waals surface area (Å²) in [4.78, 5) is 12.4. The number of nitrogens with zero attached hydrogens (tertiary/aromatic N) is 3. The molecule has 7 nitrogen and oxygen atoms in total. The molecule has 1 aromatic heterocycles. The summed E-state index contributed by atoms with van der Waals surface area (Å²) in [5.74, 6) is -0.0877. The number of halogens is 1. The highest BCUT2D eigenvalue weighted by atomic mass is 35.5. The zero-order valence-corrected chi connectivity index (χ0v) is 18.2. The molecule has 0 aliphatic carbocycles.